The quantitative estimate of drug-likeness (QED) is 0.462. The van der Waals surface area contributed by atoms with E-state index in [1.807, 2.05) is 18.3 Å². The summed E-state index contributed by atoms with van der Waals surface area (Å²) in [6, 6.07) is 6.04. The fraction of sp³-hybridized carbons (Fsp3) is 0.560. The summed E-state index contributed by atoms with van der Waals surface area (Å²) >= 11 is 0. The SMILES string of the molecule is CCCCOC(CN1CCN(c2ccccn2)CC1)Cn1c(O)c2c(c1O)[C@H]1C=CC2C1. The van der Waals surface area contributed by atoms with E-state index in [1.54, 1.807) is 4.57 Å². The molecule has 7 heteroatoms. The molecule has 3 aliphatic rings. The van der Waals surface area contributed by atoms with Gasteiger partial charge in [-0.05, 0) is 25.0 Å². The van der Waals surface area contributed by atoms with Gasteiger partial charge in [-0.2, -0.15) is 0 Å². The lowest BCUT2D eigenvalue weighted by Crippen LogP contribution is -2.49. The summed E-state index contributed by atoms with van der Waals surface area (Å²) in [6.45, 7) is 7.86. The minimum atomic E-state index is -0.0853. The second-order valence-corrected chi connectivity index (χ2v) is 9.24. The zero-order valence-corrected chi connectivity index (χ0v) is 18.9. The summed E-state index contributed by atoms with van der Waals surface area (Å²) in [6.07, 6.45) is 9.15. The van der Waals surface area contributed by atoms with Gasteiger partial charge < -0.3 is 19.8 Å². The number of nitrogens with zero attached hydrogens (tertiary/aromatic N) is 4. The van der Waals surface area contributed by atoms with Gasteiger partial charge in [0.25, 0.3) is 0 Å². The molecule has 1 fully saturated rings. The van der Waals surface area contributed by atoms with E-state index in [9.17, 15) is 10.2 Å². The van der Waals surface area contributed by atoms with Crippen molar-refractivity contribution in [2.75, 3.05) is 44.2 Å². The fourth-order valence-electron chi connectivity index (χ4n) is 5.41. The van der Waals surface area contributed by atoms with Crippen LogP contribution in [0.25, 0.3) is 0 Å². The molecule has 2 aromatic heterocycles. The third kappa shape index (κ3) is 3.99. The fourth-order valence-corrected chi connectivity index (χ4v) is 5.41. The number of anilines is 1. The average Bonchev–Trinajstić information content (AvgIpc) is 3.50. The van der Waals surface area contributed by atoms with E-state index in [-0.39, 0.29) is 29.7 Å². The predicted octanol–water partition coefficient (Wildman–Crippen LogP) is 3.44. The van der Waals surface area contributed by atoms with Gasteiger partial charge in [-0.15, -0.1) is 0 Å². The summed E-state index contributed by atoms with van der Waals surface area (Å²) in [5.41, 5.74) is 1.84. The molecule has 2 aliphatic carbocycles. The van der Waals surface area contributed by atoms with Crippen LogP contribution in [0, 0.1) is 0 Å². The van der Waals surface area contributed by atoms with Gasteiger partial charge in [0.05, 0.1) is 12.6 Å². The minimum Gasteiger partial charge on any atom is -0.494 e. The van der Waals surface area contributed by atoms with E-state index in [4.69, 9.17) is 4.74 Å². The first-order chi connectivity index (χ1) is 15.7. The maximum absolute atomic E-state index is 10.9. The summed E-state index contributed by atoms with van der Waals surface area (Å²) in [5, 5.41) is 21.9. The molecule has 3 heterocycles. The molecule has 2 N–H and O–H groups in total. The highest BCUT2D eigenvalue weighted by Gasteiger charge is 2.41. The van der Waals surface area contributed by atoms with E-state index in [0.717, 1.165) is 68.9 Å². The van der Waals surface area contributed by atoms with Crippen LogP contribution in [0.5, 0.6) is 11.8 Å². The molecule has 2 unspecified atom stereocenters. The van der Waals surface area contributed by atoms with Crippen molar-refractivity contribution in [2.24, 2.45) is 0 Å². The molecule has 1 aliphatic heterocycles. The van der Waals surface area contributed by atoms with Crippen molar-refractivity contribution in [1.82, 2.24) is 14.5 Å². The molecular weight excluding hydrogens is 404 g/mol. The lowest BCUT2D eigenvalue weighted by molar-refractivity contribution is 0.0109. The molecule has 2 aromatic rings. The molecular formula is C25H34N4O3. The number of aromatic hydroxyl groups is 2. The van der Waals surface area contributed by atoms with Crippen LogP contribution in [0.2, 0.25) is 0 Å². The third-order valence-electron chi connectivity index (χ3n) is 7.15. The van der Waals surface area contributed by atoms with Crippen LogP contribution < -0.4 is 4.90 Å². The second kappa shape index (κ2) is 9.16. The van der Waals surface area contributed by atoms with Gasteiger partial charge in [-0.3, -0.25) is 9.47 Å². The molecule has 0 spiro atoms. The molecule has 0 radical (unpaired) electrons. The van der Waals surface area contributed by atoms with E-state index in [1.165, 1.54) is 0 Å². The molecule has 0 amide bonds. The lowest BCUT2D eigenvalue weighted by Gasteiger charge is -2.37. The largest absolute Gasteiger partial charge is 0.494 e. The summed E-state index contributed by atoms with van der Waals surface area (Å²) in [4.78, 5) is 9.22. The van der Waals surface area contributed by atoms with Crippen LogP contribution in [0.1, 0.15) is 49.1 Å². The molecule has 0 saturated carbocycles. The Labute approximate surface area is 189 Å². The molecule has 3 atom stereocenters. The highest BCUT2D eigenvalue weighted by Crippen LogP contribution is 2.56. The number of hydrogen-bond donors (Lipinski definition) is 2. The summed E-state index contributed by atoms with van der Waals surface area (Å²) < 4.78 is 7.93. The Balaban J connectivity index is 1.25. The summed E-state index contributed by atoms with van der Waals surface area (Å²) in [7, 11) is 0. The Bertz CT molecular complexity index is 914. The van der Waals surface area contributed by atoms with Crippen molar-refractivity contribution in [3.8, 4) is 11.8 Å². The number of ether oxygens (including phenoxy) is 1. The van der Waals surface area contributed by atoms with Gasteiger partial charge in [0.2, 0.25) is 0 Å². The Kier molecular flexibility index (Phi) is 6.11. The minimum absolute atomic E-state index is 0.0853. The van der Waals surface area contributed by atoms with Crippen molar-refractivity contribution in [3.05, 3.63) is 47.7 Å². The van der Waals surface area contributed by atoms with Crippen LogP contribution in [-0.2, 0) is 11.3 Å². The number of fused-ring (bicyclic) bond motifs is 5. The van der Waals surface area contributed by atoms with E-state index < -0.39 is 0 Å². The van der Waals surface area contributed by atoms with Crippen molar-refractivity contribution < 1.29 is 14.9 Å². The maximum Gasteiger partial charge on any atom is 0.198 e. The van der Waals surface area contributed by atoms with E-state index >= 15 is 0 Å². The Morgan fingerprint density at radius 1 is 1.03 bits per heavy atom. The number of pyridine rings is 1. The maximum atomic E-state index is 10.9. The van der Waals surface area contributed by atoms with Crippen molar-refractivity contribution in [2.45, 2.75) is 50.7 Å². The van der Waals surface area contributed by atoms with Crippen molar-refractivity contribution in [3.63, 3.8) is 0 Å². The zero-order chi connectivity index (χ0) is 22.1. The van der Waals surface area contributed by atoms with Crippen LogP contribution in [-0.4, -0.2) is 70.1 Å². The first-order valence-corrected chi connectivity index (χ1v) is 12.0. The molecule has 2 bridgehead atoms. The number of hydrogen-bond acceptors (Lipinski definition) is 6. The van der Waals surface area contributed by atoms with Crippen molar-refractivity contribution in [1.29, 1.82) is 0 Å². The summed E-state index contributed by atoms with van der Waals surface area (Å²) in [5.74, 6) is 1.95. The predicted molar refractivity (Wildman–Crippen MR) is 125 cm³/mol. The highest BCUT2D eigenvalue weighted by molar-refractivity contribution is 5.58. The number of allylic oxidation sites excluding steroid dienone is 2. The van der Waals surface area contributed by atoms with Crippen LogP contribution in [0.4, 0.5) is 5.82 Å². The topological polar surface area (TPSA) is 74.0 Å². The first-order valence-electron chi connectivity index (χ1n) is 12.0. The number of unbranched alkanes of at least 4 members (excludes halogenated alkanes) is 1. The zero-order valence-electron chi connectivity index (χ0n) is 18.9. The Morgan fingerprint density at radius 2 is 1.75 bits per heavy atom. The van der Waals surface area contributed by atoms with E-state index in [2.05, 4.69) is 39.9 Å². The van der Waals surface area contributed by atoms with Crippen LogP contribution >= 0.6 is 0 Å². The number of piperazine rings is 1. The third-order valence-corrected chi connectivity index (χ3v) is 7.15. The molecule has 172 valence electrons. The molecule has 0 aromatic carbocycles. The molecule has 7 nitrogen and oxygen atoms in total. The smallest absolute Gasteiger partial charge is 0.198 e. The number of rotatable bonds is 9. The van der Waals surface area contributed by atoms with Gasteiger partial charge in [0.1, 0.15) is 5.82 Å². The highest BCUT2D eigenvalue weighted by atomic mass is 16.5. The second-order valence-electron chi connectivity index (χ2n) is 9.24. The van der Waals surface area contributed by atoms with Gasteiger partial charge in [0, 0.05) is 68.5 Å². The van der Waals surface area contributed by atoms with E-state index in [0.29, 0.717) is 13.2 Å². The Hall–Kier alpha value is -2.51. The average molecular weight is 439 g/mol. The molecule has 1 saturated heterocycles. The monoisotopic (exact) mass is 438 g/mol. The molecule has 5 rings (SSSR count). The normalized spacial score (nSPS) is 23.1. The first kappa shape index (κ1) is 21.3. The van der Waals surface area contributed by atoms with Crippen LogP contribution in [0.15, 0.2) is 36.5 Å². The van der Waals surface area contributed by atoms with Gasteiger partial charge in [-0.1, -0.05) is 31.6 Å². The Morgan fingerprint density at radius 3 is 2.38 bits per heavy atom. The van der Waals surface area contributed by atoms with Gasteiger partial charge in [0.15, 0.2) is 11.8 Å². The van der Waals surface area contributed by atoms with Crippen LogP contribution in [0.3, 0.4) is 0 Å². The van der Waals surface area contributed by atoms with Gasteiger partial charge in [-0.25, -0.2) is 4.98 Å². The van der Waals surface area contributed by atoms with Gasteiger partial charge >= 0.3 is 0 Å². The van der Waals surface area contributed by atoms with Crippen molar-refractivity contribution >= 4 is 5.82 Å². The lowest BCUT2D eigenvalue weighted by atomic mass is 10.0. The molecule has 32 heavy (non-hydrogen) atoms. The number of aromatic nitrogens is 2. The standard InChI is InChI=1S/C25H34N4O3/c1-2-3-14-32-20(16-27-10-12-28(13-11-27)21-6-4-5-9-26-21)17-29-24(30)22-18-7-8-19(15-18)23(22)25(29)31/h4-9,18-20,30-31H,2-3,10-17H2,1H3/t18-,19?,20?/m0/s1.